The van der Waals surface area contributed by atoms with Crippen molar-refractivity contribution in [3.05, 3.63) is 58.1 Å². The quantitative estimate of drug-likeness (QED) is 0.317. The third-order valence-corrected chi connectivity index (χ3v) is 6.99. The number of nitrogens with zero attached hydrogens (tertiary/aromatic N) is 6. The van der Waals surface area contributed by atoms with E-state index >= 15 is 0 Å². The fourth-order valence-electron chi connectivity index (χ4n) is 4.10. The van der Waals surface area contributed by atoms with Gasteiger partial charge in [-0.05, 0) is 38.3 Å². The smallest absolute Gasteiger partial charge is 0.284 e. The summed E-state index contributed by atoms with van der Waals surface area (Å²) in [5.74, 6) is 1.76. The lowest BCUT2D eigenvalue weighted by atomic mass is 9.96. The second-order valence-electron chi connectivity index (χ2n) is 9.52. The summed E-state index contributed by atoms with van der Waals surface area (Å²) >= 11 is 1.57. The Morgan fingerprint density at radius 2 is 1.88 bits per heavy atom. The van der Waals surface area contributed by atoms with E-state index in [1.807, 2.05) is 37.3 Å². The van der Waals surface area contributed by atoms with E-state index in [0.717, 1.165) is 48.8 Å². The lowest BCUT2D eigenvalue weighted by Crippen LogP contribution is -2.19. The van der Waals surface area contributed by atoms with Crippen LogP contribution in [-0.2, 0) is 18.4 Å². The van der Waals surface area contributed by atoms with Crippen LogP contribution in [0.15, 0.2) is 44.8 Å². The topological polar surface area (TPSA) is 91.6 Å². The highest BCUT2D eigenvalue weighted by Crippen LogP contribution is 2.37. The lowest BCUT2D eigenvalue weighted by molar-refractivity contribution is 0.364. The van der Waals surface area contributed by atoms with Gasteiger partial charge in [0.2, 0.25) is 5.89 Å². The fraction of sp³-hybridized carbons (Fsp3) is 0.458. The molecule has 172 valence electrons. The average Bonchev–Trinajstić information content (AvgIpc) is 3.33. The average molecular weight is 465 g/mol. The van der Waals surface area contributed by atoms with E-state index < -0.39 is 0 Å². The molecule has 1 unspecified atom stereocenters. The first-order valence-corrected chi connectivity index (χ1v) is 12.3. The number of aromatic nitrogens is 6. The van der Waals surface area contributed by atoms with Crippen LogP contribution >= 0.6 is 11.8 Å². The molecular formula is C24H28N6O2S. The normalized spacial score (nSPS) is 15.4. The molecule has 0 bridgehead atoms. The van der Waals surface area contributed by atoms with Gasteiger partial charge < -0.3 is 9.09 Å². The minimum absolute atomic E-state index is 0.0821. The second-order valence-corrected chi connectivity index (χ2v) is 10.8. The first-order chi connectivity index (χ1) is 15.8. The summed E-state index contributed by atoms with van der Waals surface area (Å²) in [5, 5.41) is 9.53. The molecule has 3 aliphatic heterocycles. The summed E-state index contributed by atoms with van der Waals surface area (Å²) < 4.78 is 9.25. The summed E-state index contributed by atoms with van der Waals surface area (Å²) in [4.78, 5) is 22.9. The number of benzene rings is 1. The Kier molecular flexibility index (Phi) is 5.60. The van der Waals surface area contributed by atoms with E-state index in [0.29, 0.717) is 23.1 Å². The lowest BCUT2D eigenvalue weighted by Gasteiger charge is -2.18. The molecule has 0 N–H and O–H groups in total. The molecule has 4 heterocycles. The van der Waals surface area contributed by atoms with Crippen molar-refractivity contribution in [1.82, 2.24) is 29.5 Å². The van der Waals surface area contributed by atoms with Gasteiger partial charge in [-0.25, -0.2) is 4.98 Å². The van der Waals surface area contributed by atoms with Gasteiger partial charge in [0, 0.05) is 17.7 Å². The standard InChI is InChI=1S/C24H28N6O2S/c1-15(20-26-22(28-32-20)24(2,3)4)33-23-25-19-18(17-13-9-6-10-14-29(17)23)21(31)30(27-19)16-11-7-5-8-12-16/h5,7-8,11-12,15H,6,9-10,13-14H2,1-4H3. The SMILES string of the molecule is CC(Sc1nc2nn(-c3ccccc3)c(=O)c-2c2n1CCCCC2)c1nc(C(C)(C)C)no1. The van der Waals surface area contributed by atoms with Crippen LogP contribution in [0.5, 0.6) is 0 Å². The van der Waals surface area contributed by atoms with Crippen LogP contribution in [-0.4, -0.2) is 29.5 Å². The van der Waals surface area contributed by atoms with Gasteiger partial charge in [0.25, 0.3) is 5.56 Å². The van der Waals surface area contributed by atoms with Gasteiger partial charge in [-0.3, -0.25) is 4.79 Å². The van der Waals surface area contributed by atoms with E-state index in [9.17, 15) is 4.79 Å². The Morgan fingerprint density at radius 1 is 1.09 bits per heavy atom. The van der Waals surface area contributed by atoms with Gasteiger partial charge in [-0.15, -0.1) is 5.10 Å². The van der Waals surface area contributed by atoms with Crippen molar-refractivity contribution in [3.63, 3.8) is 0 Å². The monoisotopic (exact) mass is 464 g/mol. The van der Waals surface area contributed by atoms with E-state index in [1.165, 1.54) is 4.68 Å². The number of thioether (sulfide) groups is 1. The molecule has 33 heavy (non-hydrogen) atoms. The third-order valence-electron chi connectivity index (χ3n) is 5.91. The van der Waals surface area contributed by atoms with Crippen LogP contribution in [0.2, 0.25) is 0 Å². The van der Waals surface area contributed by atoms with Crippen molar-refractivity contribution in [2.45, 2.75) is 75.7 Å². The van der Waals surface area contributed by atoms with Gasteiger partial charge in [0.1, 0.15) is 5.56 Å². The Hall–Kier alpha value is -2.94. The van der Waals surface area contributed by atoms with Crippen LogP contribution in [0.3, 0.4) is 0 Å². The number of hydrogen-bond acceptors (Lipinski definition) is 7. The van der Waals surface area contributed by atoms with Crippen molar-refractivity contribution >= 4 is 11.8 Å². The van der Waals surface area contributed by atoms with Crippen molar-refractivity contribution in [3.8, 4) is 17.1 Å². The minimum Gasteiger partial charge on any atom is -0.338 e. The van der Waals surface area contributed by atoms with Crippen molar-refractivity contribution < 1.29 is 4.52 Å². The van der Waals surface area contributed by atoms with Crippen molar-refractivity contribution in [2.75, 3.05) is 0 Å². The van der Waals surface area contributed by atoms with Crippen LogP contribution in [0.25, 0.3) is 17.1 Å². The first kappa shape index (κ1) is 21.9. The number of hydrogen-bond donors (Lipinski definition) is 0. The maximum atomic E-state index is 13.4. The zero-order chi connectivity index (χ0) is 23.2. The third kappa shape index (κ3) is 4.10. The minimum atomic E-state index is -0.177. The maximum Gasteiger partial charge on any atom is 0.284 e. The molecule has 5 rings (SSSR count). The van der Waals surface area contributed by atoms with Gasteiger partial charge in [-0.1, -0.05) is 62.3 Å². The summed E-state index contributed by atoms with van der Waals surface area (Å²) in [5.41, 5.74) is 2.12. The highest BCUT2D eigenvalue weighted by molar-refractivity contribution is 7.99. The van der Waals surface area contributed by atoms with E-state index in [-0.39, 0.29) is 16.2 Å². The molecule has 1 aromatic carbocycles. The molecule has 0 aliphatic carbocycles. The Balaban J connectivity index is 1.59. The van der Waals surface area contributed by atoms with Crippen LogP contribution in [0.4, 0.5) is 0 Å². The van der Waals surface area contributed by atoms with Crippen LogP contribution in [0, 0.1) is 0 Å². The number of para-hydroxylation sites is 1. The Bertz CT molecular complexity index is 1300. The first-order valence-electron chi connectivity index (χ1n) is 11.4. The van der Waals surface area contributed by atoms with E-state index in [1.54, 1.807) is 11.8 Å². The summed E-state index contributed by atoms with van der Waals surface area (Å²) in [7, 11) is 0. The molecule has 0 fully saturated rings. The van der Waals surface area contributed by atoms with Crippen LogP contribution in [0.1, 0.15) is 69.6 Å². The molecule has 1 aromatic heterocycles. The summed E-state index contributed by atoms with van der Waals surface area (Å²) in [6.07, 6.45) is 4.07. The molecular weight excluding hydrogens is 436 g/mol. The van der Waals surface area contributed by atoms with Crippen molar-refractivity contribution in [2.24, 2.45) is 0 Å². The zero-order valence-corrected chi connectivity index (χ0v) is 20.2. The summed E-state index contributed by atoms with van der Waals surface area (Å²) in [6, 6.07) is 9.51. The molecule has 0 radical (unpaired) electrons. The van der Waals surface area contributed by atoms with Crippen molar-refractivity contribution in [1.29, 1.82) is 0 Å². The molecule has 3 aliphatic rings. The molecule has 9 heteroatoms. The number of fused-ring (bicyclic) bond motifs is 3. The maximum absolute atomic E-state index is 13.4. The van der Waals surface area contributed by atoms with Crippen LogP contribution < -0.4 is 5.56 Å². The second kappa shape index (κ2) is 8.44. The Labute approximate surface area is 196 Å². The largest absolute Gasteiger partial charge is 0.338 e. The molecule has 0 saturated carbocycles. The molecule has 8 nitrogen and oxygen atoms in total. The highest BCUT2D eigenvalue weighted by Gasteiger charge is 2.29. The van der Waals surface area contributed by atoms with E-state index in [4.69, 9.17) is 9.51 Å². The molecule has 0 spiro atoms. The molecule has 1 atom stereocenters. The molecule has 0 saturated heterocycles. The highest BCUT2D eigenvalue weighted by atomic mass is 32.2. The predicted octanol–water partition coefficient (Wildman–Crippen LogP) is 4.79. The van der Waals surface area contributed by atoms with Gasteiger partial charge in [-0.2, -0.15) is 9.67 Å². The van der Waals surface area contributed by atoms with E-state index in [2.05, 4.69) is 40.6 Å². The van der Waals surface area contributed by atoms with Gasteiger partial charge in [0.15, 0.2) is 16.8 Å². The fourth-order valence-corrected chi connectivity index (χ4v) is 5.08. The zero-order valence-electron chi connectivity index (χ0n) is 19.4. The summed E-state index contributed by atoms with van der Waals surface area (Å²) in [6.45, 7) is 9.07. The Morgan fingerprint density at radius 3 is 2.61 bits per heavy atom. The number of rotatable bonds is 4. The molecule has 2 aromatic rings. The molecule has 0 amide bonds. The van der Waals surface area contributed by atoms with Gasteiger partial charge in [0.05, 0.1) is 10.9 Å². The van der Waals surface area contributed by atoms with Gasteiger partial charge >= 0.3 is 0 Å². The predicted molar refractivity (Wildman–Crippen MR) is 127 cm³/mol.